The molecule has 0 bridgehead atoms. The Morgan fingerprint density at radius 3 is 2.94 bits per heavy atom. The number of ether oxygens (including phenoxy) is 2. The molecule has 1 aromatic rings. The number of carbonyl (C=O) groups is 1. The Kier molecular flexibility index (Phi) is 4.12. The molecular weight excluding hydrogens is 232 g/mol. The molecule has 1 heterocycles. The molecule has 2 unspecified atom stereocenters. The molecule has 0 spiro atoms. The first-order valence-corrected chi connectivity index (χ1v) is 6.26. The van der Waals surface area contributed by atoms with Crippen LogP contribution in [0.4, 0.5) is 0 Å². The van der Waals surface area contributed by atoms with Gasteiger partial charge < -0.3 is 9.47 Å². The predicted octanol–water partition coefficient (Wildman–Crippen LogP) is 2.22. The lowest BCUT2D eigenvalue weighted by Crippen LogP contribution is -2.24. The average molecular weight is 250 g/mol. The van der Waals surface area contributed by atoms with Crippen LogP contribution in [-0.2, 0) is 4.74 Å². The van der Waals surface area contributed by atoms with Crippen LogP contribution in [0.5, 0.6) is 5.88 Å². The SMILES string of the molecule is COC(=O)c1cncc(OC2CCCC(C)C2)n1. The van der Waals surface area contributed by atoms with Crippen LogP contribution >= 0.6 is 0 Å². The summed E-state index contributed by atoms with van der Waals surface area (Å²) in [7, 11) is 1.32. The zero-order valence-corrected chi connectivity index (χ0v) is 10.8. The van der Waals surface area contributed by atoms with Gasteiger partial charge in [0.1, 0.15) is 6.10 Å². The summed E-state index contributed by atoms with van der Waals surface area (Å²) in [4.78, 5) is 19.4. The normalized spacial score (nSPS) is 23.4. The Bertz CT molecular complexity index is 422. The van der Waals surface area contributed by atoms with Crippen molar-refractivity contribution < 1.29 is 14.3 Å². The zero-order valence-electron chi connectivity index (χ0n) is 10.8. The van der Waals surface area contributed by atoms with Gasteiger partial charge >= 0.3 is 5.97 Å². The number of methoxy groups -OCH3 is 1. The van der Waals surface area contributed by atoms with E-state index in [2.05, 4.69) is 21.6 Å². The van der Waals surface area contributed by atoms with E-state index in [-0.39, 0.29) is 11.8 Å². The Labute approximate surface area is 107 Å². The fourth-order valence-corrected chi connectivity index (χ4v) is 2.26. The lowest BCUT2D eigenvalue weighted by atomic mass is 9.89. The van der Waals surface area contributed by atoms with Crippen LogP contribution in [0.15, 0.2) is 12.4 Å². The van der Waals surface area contributed by atoms with E-state index in [1.165, 1.54) is 32.3 Å². The van der Waals surface area contributed by atoms with Crippen molar-refractivity contribution in [2.45, 2.75) is 38.7 Å². The van der Waals surface area contributed by atoms with Crippen molar-refractivity contribution in [1.82, 2.24) is 9.97 Å². The van der Waals surface area contributed by atoms with Gasteiger partial charge in [-0.3, -0.25) is 4.98 Å². The van der Waals surface area contributed by atoms with Gasteiger partial charge in [-0.25, -0.2) is 9.78 Å². The highest BCUT2D eigenvalue weighted by Gasteiger charge is 2.21. The van der Waals surface area contributed by atoms with Crippen LogP contribution in [0, 0.1) is 5.92 Å². The number of nitrogens with zero attached hydrogens (tertiary/aromatic N) is 2. The highest BCUT2D eigenvalue weighted by Crippen LogP contribution is 2.26. The molecule has 0 aliphatic heterocycles. The molecule has 1 aromatic heterocycles. The van der Waals surface area contributed by atoms with Crippen LogP contribution in [0.3, 0.4) is 0 Å². The smallest absolute Gasteiger partial charge is 0.358 e. The number of rotatable bonds is 3. The molecule has 2 rings (SSSR count). The largest absolute Gasteiger partial charge is 0.473 e. The van der Waals surface area contributed by atoms with Crippen molar-refractivity contribution in [3.8, 4) is 5.88 Å². The minimum Gasteiger partial charge on any atom is -0.473 e. The van der Waals surface area contributed by atoms with Gasteiger partial charge in [-0.05, 0) is 25.2 Å². The first kappa shape index (κ1) is 12.8. The highest BCUT2D eigenvalue weighted by molar-refractivity contribution is 5.86. The lowest BCUT2D eigenvalue weighted by molar-refractivity contribution is 0.0589. The topological polar surface area (TPSA) is 61.3 Å². The van der Waals surface area contributed by atoms with Gasteiger partial charge in [-0.15, -0.1) is 0 Å². The summed E-state index contributed by atoms with van der Waals surface area (Å²) >= 11 is 0. The van der Waals surface area contributed by atoms with Crippen LogP contribution in [0.1, 0.15) is 43.1 Å². The van der Waals surface area contributed by atoms with Crippen molar-refractivity contribution in [3.05, 3.63) is 18.1 Å². The van der Waals surface area contributed by atoms with Crippen molar-refractivity contribution >= 4 is 5.97 Å². The molecule has 98 valence electrons. The quantitative estimate of drug-likeness (QED) is 0.770. The monoisotopic (exact) mass is 250 g/mol. The molecule has 5 heteroatoms. The number of aromatic nitrogens is 2. The molecule has 18 heavy (non-hydrogen) atoms. The summed E-state index contributed by atoms with van der Waals surface area (Å²) in [6.07, 6.45) is 7.59. The van der Waals surface area contributed by atoms with E-state index in [0.717, 1.165) is 12.8 Å². The lowest BCUT2D eigenvalue weighted by Gasteiger charge is -2.26. The summed E-state index contributed by atoms with van der Waals surface area (Å²) in [5, 5.41) is 0. The first-order valence-electron chi connectivity index (χ1n) is 6.26. The summed E-state index contributed by atoms with van der Waals surface area (Å²) < 4.78 is 10.4. The second-order valence-electron chi connectivity index (χ2n) is 4.75. The van der Waals surface area contributed by atoms with E-state index in [9.17, 15) is 4.79 Å². The van der Waals surface area contributed by atoms with E-state index in [1.54, 1.807) is 0 Å². The molecule has 0 aromatic carbocycles. The van der Waals surface area contributed by atoms with E-state index in [0.29, 0.717) is 11.8 Å². The third kappa shape index (κ3) is 3.18. The zero-order chi connectivity index (χ0) is 13.0. The second-order valence-corrected chi connectivity index (χ2v) is 4.75. The van der Waals surface area contributed by atoms with Crippen molar-refractivity contribution in [1.29, 1.82) is 0 Å². The second kappa shape index (κ2) is 5.80. The molecule has 1 aliphatic carbocycles. The van der Waals surface area contributed by atoms with Crippen molar-refractivity contribution in [3.63, 3.8) is 0 Å². The van der Waals surface area contributed by atoms with Gasteiger partial charge in [0.05, 0.1) is 19.5 Å². The molecule has 1 aliphatic rings. The molecule has 1 saturated carbocycles. The highest BCUT2D eigenvalue weighted by atomic mass is 16.5. The molecule has 1 fully saturated rings. The summed E-state index contributed by atoms with van der Waals surface area (Å²) in [5.74, 6) is 0.586. The molecular formula is C13H18N2O3. The van der Waals surface area contributed by atoms with E-state index >= 15 is 0 Å². The van der Waals surface area contributed by atoms with Gasteiger partial charge in [0.25, 0.3) is 0 Å². The van der Waals surface area contributed by atoms with Gasteiger partial charge in [0, 0.05) is 0 Å². The van der Waals surface area contributed by atoms with Crippen LogP contribution in [0.25, 0.3) is 0 Å². The van der Waals surface area contributed by atoms with Crippen molar-refractivity contribution in [2.75, 3.05) is 7.11 Å². The number of hydrogen-bond acceptors (Lipinski definition) is 5. The standard InChI is InChI=1S/C13H18N2O3/c1-9-4-3-5-10(6-9)18-12-8-14-7-11(15-12)13(16)17-2/h7-10H,3-6H2,1-2H3. The molecule has 0 radical (unpaired) electrons. The van der Waals surface area contributed by atoms with E-state index in [1.807, 2.05) is 0 Å². The Morgan fingerprint density at radius 2 is 2.22 bits per heavy atom. The maximum absolute atomic E-state index is 11.3. The van der Waals surface area contributed by atoms with Gasteiger partial charge in [0.15, 0.2) is 5.69 Å². The predicted molar refractivity (Wildman–Crippen MR) is 65.4 cm³/mol. The van der Waals surface area contributed by atoms with Crippen LogP contribution < -0.4 is 4.74 Å². The molecule has 5 nitrogen and oxygen atoms in total. The maximum atomic E-state index is 11.3. The Balaban J connectivity index is 2.02. The summed E-state index contributed by atoms with van der Waals surface area (Å²) in [6.45, 7) is 2.23. The van der Waals surface area contributed by atoms with Gasteiger partial charge in [-0.2, -0.15) is 0 Å². The Hall–Kier alpha value is -1.65. The van der Waals surface area contributed by atoms with E-state index in [4.69, 9.17) is 4.74 Å². The number of carbonyl (C=O) groups excluding carboxylic acids is 1. The van der Waals surface area contributed by atoms with Crippen molar-refractivity contribution in [2.24, 2.45) is 5.92 Å². The van der Waals surface area contributed by atoms with Crippen LogP contribution in [-0.4, -0.2) is 29.2 Å². The van der Waals surface area contributed by atoms with Crippen LogP contribution in [0.2, 0.25) is 0 Å². The minimum atomic E-state index is -0.495. The number of hydrogen-bond donors (Lipinski definition) is 0. The fourth-order valence-electron chi connectivity index (χ4n) is 2.26. The Morgan fingerprint density at radius 1 is 1.39 bits per heavy atom. The fraction of sp³-hybridized carbons (Fsp3) is 0.615. The van der Waals surface area contributed by atoms with Gasteiger partial charge in [0.2, 0.25) is 5.88 Å². The average Bonchev–Trinajstić information content (AvgIpc) is 2.38. The maximum Gasteiger partial charge on any atom is 0.358 e. The van der Waals surface area contributed by atoms with E-state index < -0.39 is 5.97 Å². The molecule has 0 N–H and O–H groups in total. The third-order valence-electron chi connectivity index (χ3n) is 3.18. The minimum absolute atomic E-state index is 0.177. The first-order chi connectivity index (χ1) is 8.69. The summed E-state index contributed by atoms with van der Waals surface area (Å²) in [6, 6.07) is 0. The van der Waals surface area contributed by atoms with Gasteiger partial charge in [-0.1, -0.05) is 13.3 Å². The molecule has 0 amide bonds. The third-order valence-corrected chi connectivity index (χ3v) is 3.18. The summed E-state index contributed by atoms with van der Waals surface area (Å²) in [5.41, 5.74) is 0.179. The molecule has 2 atom stereocenters. The molecule has 0 saturated heterocycles. The number of esters is 1.